The van der Waals surface area contributed by atoms with Gasteiger partial charge in [0.15, 0.2) is 5.78 Å². The number of carbonyl (C=O) groups excluding carboxylic acids is 3. The molecule has 0 unspecified atom stereocenters. The fourth-order valence-electron chi connectivity index (χ4n) is 6.39. The number of carbonyl (C=O) groups is 3. The monoisotopic (exact) mass is 330 g/mol. The van der Waals surface area contributed by atoms with E-state index in [-0.39, 0.29) is 53.2 Å². The second kappa shape index (κ2) is 4.37. The highest BCUT2D eigenvalue weighted by atomic mass is 16.6. The molecule has 3 aliphatic carbocycles. The molecule has 24 heavy (non-hydrogen) atoms. The number of ether oxygens (including phenoxy) is 2. The van der Waals surface area contributed by atoms with Crippen molar-refractivity contribution in [2.75, 3.05) is 0 Å². The Morgan fingerprint density at radius 2 is 2.00 bits per heavy atom. The number of esters is 1. The third-order valence-corrected chi connectivity index (χ3v) is 7.34. The lowest BCUT2D eigenvalue weighted by molar-refractivity contribution is -0.160. The molecule has 0 aromatic carbocycles. The van der Waals surface area contributed by atoms with Gasteiger partial charge in [-0.3, -0.25) is 14.4 Å². The maximum atomic E-state index is 13.1. The second-order valence-electron chi connectivity index (χ2n) is 8.65. The van der Waals surface area contributed by atoms with Crippen LogP contribution in [0.1, 0.15) is 33.1 Å². The summed E-state index contributed by atoms with van der Waals surface area (Å²) in [5.74, 6) is -1.44. The number of ketones is 2. The van der Waals surface area contributed by atoms with Gasteiger partial charge in [0, 0.05) is 18.8 Å². The van der Waals surface area contributed by atoms with Crippen LogP contribution in [0.2, 0.25) is 0 Å². The fourth-order valence-corrected chi connectivity index (χ4v) is 6.39. The molecule has 0 radical (unpaired) electrons. The maximum Gasteiger partial charge on any atom is 0.309 e. The summed E-state index contributed by atoms with van der Waals surface area (Å²) in [6, 6.07) is 0. The normalized spacial score (nSPS) is 54.5. The molecular formula is C19H22O5. The van der Waals surface area contributed by atoms with Gasteiger partial charge in [-0.25, -0.2) is 0 Å². The molecule has 5 rings (SSSR count). The Morgan fingerprint density at radius 3 is 2.71 bits per heavy atom. The standard InChI is InChI=1S/C19H22O5/c1-7(2)8-4-9-12(10(20)5-8)17-16(21)15-14-11(6-19(15,3)24-17)23-18(22)13(9)14/h8-9,11-15,17H,1,4-6H2,2-3H3/t8-,9-,11+,12+,13-,14-,15-,17+,19+/m0/s1. The van der Waals surface area contributed by atoms with Crippen LogP contribution in [0.15, 0.2) is 12.2 Å². The highest BCUT2D eigenvalue weighted by Gasteiger charge is 2.74. The molecule has 5 nitrogen and oxygen atoms in total. The van der Waals surface area contributed by atoms with Crippen LogP contribution in [0.25, 0.3) is 0 Å². The lowest BCUT2D eigenvalue weighted by atomic mass is 9.63. The van der Waals surface area contributed by atoms with E-state index in [0.717, 1.165) is 12.0 Å². The Labute approximate surface area is 140 Å². The van der Waals surface area contributed by atoms with Crippen LogP contribution in [-0.2, 0) is 23.9 Å². The van der Waals surface area contributed by atoms with Gasteiger partial charge in [-0.1, -0.05) is 12.2 Å². The van der Waals surface area contributed by atoms with Crippen LogP contribution >= 0.6 is 0 Å². The van der Waals surface area contributed by atoms with E-state index in [9.17, 15) is 14.4 Å². The lowest BCUT2D eigenvalue weighted by Gasteiger charge is -2.41. The number of hydrogen-bond acceptors (Lipinski definition) is 5. The maximum absolute atomic E-state index is 13.1. The van der Waals surface area contributed by atoms with Crippen LogP contribution in [0, 0.1) is 35.5 Å². The van der Waals surface area contributed by atoms with E-state index in [0.29, 0.717) is 12.8 Å². The molecule has 2 aliphatic heterocycles. The Kier molecular flexibility index (Phi) is 2.70. The average Bonchev–Trinajstić information content (AvgIpc) is 2.99. The van der Waals surface area contributed by atoms with E-state index in [1.807, 2.05) is 13.8 Å². The highest BCUT2D eigenvalue weighted by Crippen LogP contribution is 2.63. The van der Waals surface area contributed by atoms with E-state index in [4.69, 9.17) is 9.47 Å². The van der Waals surface area contributed by atoms with Crippen molar-refractivity contribution in [3.63, 3.8) is 0 Å². The van der Waals surface area contributed by atoms with Crippen molar-refractivity contribution in [2.24, 2.45) is 35.5 Å². The first-order chi connectivity index (χ1) is 11.3. The number of rotatable bonds is 1. The first-order valence-corrected chi connectivity index (χ1v) is 8.92. The van der Waals surface area contributed by atoms with Gasteiger partial charge >= 0.3 is 5.97 Å². The van der Waals surface area contributed by atoms with Gasteiger partial charge in [-0.2, -0.15) is 0 Å². The molecule has 2 heterocycles. The molecule has 2 bridgehead atoms. The topological polar surface area (TPSA) is 69.7 Å². The third kappa shape index (κ3) is 1.57. The van der Waals surface area contributed by atoms with Crippen molar-refractivity contribution < 1.29 is 23.9 Å². The van der Waals surface area contributed by atoms with Crippen molar-refractivity contribution in [2.45, 2.75) is 50.9 Å². The lowest BCUT2D eigenvalue weighted by Crippen LogP contribution is -2.47. The molecule has 5 heteroatoms. The van der Waals surface area contributed by atoms with E-state index in [2.05, 4.69) is 6.58 Å². The average molecular weight is 330 g/mol. The fraction of sp³-hybridized carbons (Fsp3) is 0.737. The largest absolute Gasteiger partial charge is 0.462 e. The van der Waals surface area contributed by atoms with Crippen LogP contribution in [-0.4, -0.2) is 35.3 Å². The molecule has 3 saturated carbocycles. The van der Waals surface area contributed by atoms with Crippen LogP contribution in [0.3, 0.4) is 0 Å². The van der Waals surface area contributed by atoms with Crippen molar-refractivity contribution in [1.82, 2.24) is 0 Å². The van der Waals surface area contributed by atoms with Crippen molar-refractivity contribution >= 4 is 17.5 Å². The van der Waals surface area contributed by atoms with Crippen LogP contribution in [0.4, 0.5) is 0 Å². The van der Waals surface area contributed by atoms with Gasteiger partial charge in [0.2, 0.25) is 0 Å². The molecule has 5 aliphatic rings. The van der Waals surface area contributed by atoms with Gasteiger partial charge in [0.25, 0.3) is 0 Å². The summed E-state index contributed by atoms with van der Waals surface area (Å²) in [6.07, 6.45) is 0.806. The Hall–Kier alpha value is -1.49. The van der Waals surface area contributed by atoms with Gasteiger partial charge in [0.1, 0.15) is 18.0 Å². The predicted octanol–water partition coefficient (Wildman–Crippen LogP) is 1.69. The SMILES string of the molecule is C=C(C)[C@@H]1CC(=O)[C@H]2[C@H](C1)[C@@H]1C(=O)O[C@@H]3C[C@@]4(C)O[C@H]2C(=O)[C@@H]4[C@H]13. The van der Waals surface area contributed by atoms with Gasteiger partial charge in [-0.15, -0.1) is 0 Å². The minimum Gasteiger partial charge on any atom is -0.462 e. The Balaban J connectivity index is 1.66. The van der Waals surface area contributed by atoms with Gasteiger partial charge in [-0.05, 0) is 32.1 Å². The zero-order chi connectivity index (χ0) is 17.0. The Morgan fingerprint density at radius 1 is 1.25 bits per heavy atom. The number of Topliss-reactive ketones (excluding diaryl/α,β-unsaturated/α-hetero) is 2. The van der Waals surface area contributed by atoms with Gasteiger partial charge in [0.05, 0.1) is 23.4 Å². The van der Waals surface area contributed by atoms with E-state index >= 15 is 0 Å². The molecule has 5 fully saturated rings. The molecule has 0 N–H and O–H groups in total. The molecule has 9 atom stereocenters. The molecule has 0 spiro atoms. The summed E-state index contributed by atoms with van der Waals surface area (Å²) in [6.45, 7) is 7.89. The molecule has 128 valence electrons. The minimum absolute atomic E-state index is 0.0305. The smallest absolute Gasteiger partial charge is 0.309 e. The first kappa shape index (κ1) is 14.8. The van der Waals surface area contributed by atoms with Gasteiger partial charge < -0.3 is 9.47 Å². The zero-order valence-corrected chi connectivity index (χ0v) is 14.0. The highest BCUT2D eigenvalue weighted by molar-refractivity contribution is 5.98. The third-order valence-electron chi connectivity index (χ3n) is 7.34. The van der Waals surface area contributed by atoms with Crippen molar-refractivity contribution in [3.8, 4) is 0 Å². The molecule has 0 aromatic rings. The molecule has 0 aromatic heterocycles. The summed E-state index contributed by atoms with van der Waals surface area (Å²) in [5, 5.41) is 0. The predicted molar refractivity (Wildman–Crippen MR) is 82.8 cm³/mol. The van der Waals surface area contributed by atoms with E-state index in [1.54, 1.807) is 0 Å². The van der Waals surface area contributed by atoms with Crippen molar-refractivity contribution in [1.29, 1.82) is 0 Å². The second-order valence-corrected chi connectivity index (χ2v) is 8.65. The van der Waals surface area contributed by atoms with Crippen molar-refractivity contribution in [3.05, 3.63) is 12.2 Å². The molecular weight excluding hydrogens is 308 g/mol. The van der Waals surface area contributed by atoms with E-state index < -0.39 is 17.6 Å². The van der Waals surface area contributed by atoms with Crippen LogP contribution < -0.4 is 0 Å². The zero-order valence-electron chi connectivity index (χ0n) is 14.0. The molecule has 0 amide bonds. The number of fused-ring (bicyclic) bond motifs is 4. The number of allylic oxidation sites excluding steroid dienone is 1. The summed E-state index contributed by atoms with van der Waals surface area (Å²) in [5.41, 5.74) is 0.398. The van der Waals surface area contributed by atoms with Crippen LogP contribution in [0.5, 0.6) is 0 Å². The summed E-state index contributed by atoms with van der Waals surface area (Å²) in [7, 11) is 0. The summed E-state index contributed by atoms with van der Waals surface area (Å²) in [4.78, 5) is 38.6. The number of hydrogen-bond donors (Lipinski definition) is 0. The summed E-state index contributed by atoms with van der Waals surface area (Å²) >= 11 is 0. The summed E-state index contributed by atoms with van der Waals surface area (Å²) < 4.78 is 11.8. The quantitative estimate of drug-likeness (QED) is 0.540. The van der Waals surface area contributed by atoms with E-state index in [1.165, 1.54) is 0 Å². The minimum atomic E-state index is -0.664. The molecule has 2 saturated heterocycles. The Bertz CT molecular complexity index is 696. The first-order valence-electron chi connectivity index (χ1n) is 8.92.